The molecule has 1 aliphatic rings. The van der Waals surface area contributed by atoms with Gasteiger partial charge in [0.1, 0.15) is 0 Å². The molecule has 0 bridgehead atoms. The number of nitriles is 1. The molecule has 1 rings (SSSR count). The molecule has 1 fully saturated rings. The molecule has 0 aliphatic heterocycles. The van der Waals surface area contributed by atoms with Gasteiger partial charge in [0.25, 0.3) is 0 Å². The summed E-state index contributed by atoms with van der Waals surface area (Å²) >= 11 is 0. The molecule has 0 aromatic carbocycles. The van der Waals surface area contributed by atoms with Crippen LogP contribution in [0.5, 0.6) is 0 Å². The summed E-state index contributed by atoms with van der Waals surface area (Å²) in [5.41, 5.74) is 0.400. The zero-order valence-corrected chi connectivity index (χ0v) is 12.1. The fourth-order valence-corrected chi connectivity index (χ4v) is 2.97. The van der Waals surface area contributed by atoms with Crippen molar-refractivity contribution in [1.29, 1.82) is 5.26 Å². The second-order valence-electron chi connectivity index (χ2n) is 6.62. The maximum absolute atomic E-state index is 9.23. The Kier molecular flexibility index (Phi) is 6.11. The van der Waals surface area contributed by atoms with E-state index in [-0.39, 0.29) is 12.6 Å². The average Bonchev–Trinajstić information content (AvgIpc) is 2.34. The molecule has 1 atom stereocenters. The van der Waals surface area contributed by atoms with Gasteiger partial charge in [0.05, 0.1) is 12.1 Å². The number of hydrogen-bond donors (Lipinski definition) is 2. The molecule has 0 heterocycles. The summed E-state index contributed by atoms with van der Waals surface area (Å²) in [6.07, 6.45) is 5.54. The van der Waals surface area contributed by atoms with E-state index in [0.717, 1.165) is 31.7 Å². The van der Waals surface area contributed by atoms with Gasteiger partial charge in [-0.3, -0.25) is 0 Å². The van der Waals surface area contributed by atoms with E-state index in [4.69, 9.17) is 5.11 Å². The van der Waals surface area contributed by atoms with Gasteiger partial charge >= 0.3 is 0 Å². The first-order chi connectivity index (χ1) is 8.49. The van der Waals surface area contributed by atoms with Crippen LogP contribution in [-0.2, 0) is 0 Å². The molecule has 18 heavy (non-hydrogen) atoms. The third-order valence-electron chi connectivity index (χ3n) is 4.31. The fraction of sp³-hybridized carbons (Fsp3) is 0.933. The Balaban J connectivity index is 2.38. The molecule has 0 saturated heterocycles. The third kappa shape index (κ3) is 4.59. The van der Waals surface area contributed by atoms with E-state index in [1.54, 1.807) is 0 Å². The quantitative estimate of drug-likeness (QED) is 0.740. The van der Waals surface area contributed by atoms with Crippen LogP contribution in [0.2, 0.25) is 0 Å². The van der Waals surface area contributed by atoms with Gasteiger partial charge in [-0.2, -0.15) is 5.26 Å². The second kappa shape index (κ2) is 7.11. The lowest BCUT2D eigenvalue weighted by Gasteiger charge is -2.38. The summed E-state index contributed by atoms with van der Waals surface area (Å²) in [4.78, 5) is 0. The SMILES string of the molecule is CC(C)(C)C1CCC(C(C#N)NCCCO)CC1. The summed E-state index contributed by atoms with van der Waals surface area (Å²) in [5.74, 6) is 1.29. The molecular weight excluding hydrogens is 224 g/mol. The Bertz CT molecular complexity index is 269. The van der Waals surface area contributed by atoms with Crippen LogP contribution in [0.3, 0.4) is 0 Å². The van der Waals surface area contributed by atoms with Gasteiger partial charge in [0.2, 0.25) is 0 Å². The minimum atomic E-state index is -0.0301. The molecule has 1 unspecified atom stereocenters. The van der Waals surface area contributed by atoms with Gasteiger partial charge in [-0.15, -0.1) is 0 Å². The standard InChI is InChI=1S/C15H28N2O/c1-15(2,3)13-7-5-12(6-8-13)14(11-16)17-9-4-10-18/h12-14,17-18H,4-10H2,1-3H3. The van der Waals surface area contributed by atoms with E-state index in [1.807, 2.05) is 0 Å². The van der Waals surface area contributed by atoms with Crippen LogP contribution in [0.25, 0.3) is 0 Å². The van der Waals surface area contributed by atoms with Crippen molar-refractivity contribution in [2.24, 2.45) is 17.3 Å². The summed E-state index contributed by atoms with van der Waals surface area (Å²) in [6.45, 7) is 7.90. The largest absolute Gasteiger partial charge is 0.396 e. The monoisotopic (exact) mass is 252 g/mol. The highest BCUT2D eigenvalue weighted by Gasteiger charge is 2.32. The van der Waals surface area contributed by atoms with Crippen molar-refractivity contribution in [2.45, 2.75) is 58.9 Å². The van der Waals surface area contributed by atoms with Crippen LogP contribution in [0, 0.1) is 28.6 Å². The first-order valence-electron chi connectivity index (χ1n) is 7.23. The first-order valence-corrected chi connectivity index (χ1v) is 7.23. The number of aliphatic hydroxyl groups is 1. The molecule has 104 valence electrons. The molecule has 0 spiro atoms. The third-order valence-corrected chi connectivity index (χ3v) is 4.31. The van der Waals surface area contributed by atoms with Crippen molar-refractivity contribution in [3.8, 4) is 6.07 Å². The Labute approximate surface area is 112 Å². The lowest BCUT2D eigenvalue weighted by molar-refractivity contribution is 0.140. The minimum absolute atomic E-state index is 0.0301. The van der Waals surface area contributed by atoms with Gasteiger partial charge in [-0.05, 0) is 55.9 Å². The molecule has 0 amide bonds. The van der Waals surface area contributed by atoms with Crippen molar-refractivity contribution in [1.82, 2.24) is 5.32 Å². The summed E-state index contributed by atoms with van der Waals surface area (Å²) in [5, 5.41) is 21.3. The summed E-state index contributed by atoms with van der Waals surface area (Å²) in [6, 6.07) is 2.36. The van der Waals surface area contributed by atoms with E-state index in [1.165, 1.54) is 12.8 Å². The topological polar surface area (TPSA) is 56.0 Å². The molecule has 0 aromatic heterocycles. The van der Waals surface area contributed by atoms with Crippen LogP contribution in [0.4, 0.5) is 0 Å². The van der Waals surface area contributed by atoms with Crippen molar-refractivity contribution < 1.29 is 5.11 Å². The normalized spacial score (nSPS) is 26.6. The number of hydrogen-bond acceptors (Lipinski definition) is 3. The van der Waals surface area contributed by atoms with Crippen molar-refractivity contribution in [3.63, 3.8) is 0 Å². The van der Waals surface area contributed by atoms with E-state index >= 15 is 0 Å². The van der Waals surface area contributed by atoms with Crippen LogP contribution in [-0.4, -0.2) is 24.3 Å². The van der Waals surface area contributed by atoms with E-state index < -0.39 is 0 Å². The van der Waals surface area contributed by atoms with Gasteiger partial charge in [0.15, 0.2) is 0 Å². The van der Waals surface area contributed by atoms with Crippen LogP contribution < -0.4 is 5.32 Å². The Morgan fingerprint density at radius 2 is 1.89 bits per heavy atom. The van der Waals surface area contributed by atoms with Gasteiger partial charge in [0, 0.05) is 6.61 Å². The second-order valence-corrected chi connectivity index (χ2v) is 6.62. The molecule has 3 heteroatoms. The molecule has 1 aliphatic carbocycles. The van der Waals surface area contributed by atoms with Crippen LogP contribution >= 0.6 is 0 Å². The summed E-state index contributed by atoms with van der Waals surface area (Å²) < 4.78 is 0. The molecule has 0 radical (unpaired) electrons. The summed E-state index contributed by atoms with van der Waals surface area (Å²) in [7, 11) is 0. The van der Waals surface area contributed by atoms with Crippen molar-refractivity contribution in [2.75, 3.05) is 13.2 Å². The molecule has 3 nitrogen and oxygen atoms in total. The van der Waals surface area contributed by atoms with Gasteiger partial charge < -0.3 is 10.4 Å². The first kappa shape index (κ1) is 15.5. The van der Waals surface area contributed by atoms with Gasteiger partial charge in [-0.1, -0.05) is 20.8 Å². The molecule has 2 N–H and O–H groups in total. The zero-order chi connectivity index (χ0) is 13.6. The molecule has 0 aromatic rings. The van der Waals surface area contributed by atoms with Crippen LogP contribution in [0.1, 0.15) is 52.9 Å². The Hall–Kier alpha value is -0.590. The number of nitrogens with one attached hydrogen (secondary N) is 1. The minimum Gasteiger partial charge on any atom is -0.396 e. The van der Waals surface area contributed by atoms with E-state index in [2.05, 4.69) is 32.2 Å². The highest BCUT2D eigenvalue weighted by molar-refractivity contribution is 4.97. The predicted octanol–water partition coefficient (Wildman–Crippen LogP) is 2.70. The number of aliphatic hydroxyl groups excluding tert-OH is 1. The lowest BCUT2D eigenvalue weighted by atomic mass is 9.68. The van der Waals surface area contributed by atoms with E-state index in [9.17, 15) is 5.26 Å². The van der Waals surface area contributed by atoms with Crippen LogP contribution in [0.15, 0.2) is 0 Å². The molecule has 1 saturated carbocycles. The zero-order valence-electron chi connectivity index (χ0n) is 12.1. The Morgan fingerprint density at radius 1 is 1.28 bits per heavy atom. The van der Waals surface area contributed by atoms with Gasteiger partial charge in [-0.25, -0.2) is 0 Å². The van der Waals surface area contributed by atoms with Crippen molar-refractivity contribution in [3.05, 3.63) is 0 Å². The maximum Gasteiger partial charge on any atom is 0.0981 e. The average molecular weight is 252 g/mol. The van der Waals surface area contributed by atoms with E-state index in [0.29, 0.717) is 11.3 Å². The molecular formula is C15H28N2O. The highest BCUT2D eigenvalue weighted by atomic mass is 16.3. The maximum atomic E-state index is 9.23. The fourth-order valence-electron chi connectivity index (χ4n) is 2.97. The smallest absolute Gasteiger partial charge is 0.0981 e. The number of rotatable bonds is 5. The Morgan fingerprint density at radius 3 is 2.33 bits per heavy atom. The highest BCUT2D eigenvalue weighted by Crippen LogP contribution is 2.40. The lowest BCUT2D eigenvalue weighted by Crippen LogP contribution is -2.39. The van der Waals surface area contributed by atoms with Crippen molar-refractivity contribution >= 4 is 0 Å². The predicted molar refractivity (Wildman–Crippen MR) is 74.0 cm³/mol. The number of nitrogens with zero attached hydrogens (tertiary/aromatic N) is 1.